The van der Waals surface area contributed by atoms with Gasteiger partial charge in [0.2, 0.25) is 0 Å². The first-order valence-corrected chi connectivity index (χ1v) is 10.9. The fourth-order valence-corrected chi connectivity index (χ4v) is 3.75. The Balaban J connectivity index is 1.87. The van der Waals surface area contributed by atoms with E-state index < -0.39 is 11.9 Å². The number of carboxylic acids is 1. The molecule has 1 amide bonds. The number of aryl methyl sites for hydroxylation is 2. The van der Waals surface area contributed by atoms with Crippen molar-refractivity contribution in [2.24, 2.45) is 0 Å². The fraction of sp³-hybridized carbons (Fsp3) is 0.115. The van der Waals surface area contributed by atoms with Crippen LogP contribution in [0.4, 0.5) is 5.69 Å². The van der Waals surface area contributed by atoms with Crippen molar-refractivity contribution in [1.82, 2.24) is 0 Å². The molecule has 6 nitrogen and oxygen atoms in total. The Hall–Kier alpha value is -3.79. The van der Waals surface area contributed by atoms with E-state index in [-0.39, 0.29) is 28.5 Å². The summed E-state index contributed by atoms with van der Waals surface area (Å²) < 4.78 is 5.86. The van der Waals surface area contributed by atoms with E-state index in [9.17, 15) is 14.9 Å². The van der Waals surface area contributed by atoms with E-state index in [0.717, 1.165) is 11.1 Å². The van der Waals surface area contributed by atoms with Crippen molar-refractivity contribution in [3.8, 4) is 11.8 Å². The predicted molar refractivity (Wildman–Crippen MR) is 132 cm³/mol. The van der Waals surface area contributed by atoms with Gasteiger partial charge in [0.15, 0.2) is 0 Å². The molecular formula is C26H20Cl2N2O4. The smallest absolute Gasteiger partial charge is 0.335 e. The zero-order valence-electron chi connectivity index (χ0n) is 18.4. The first-order chi connectivity index (χ1) is 16.2. The normalized spacial score (nSPS) is 11.0. The second-order valence-electron chi connectivity index (χ2n) is 7.54. The number of carboxylic acid groups (broad SMARTS) is 1. The molecule has 8 heteroatoms. The number of halogens is 2. The Kier molecular flexibility index (Phi) is 7.95. The van der Waals surface area contributed by atoms with Gasteiger partial charge in [0.1, 0.15) is 24.0 Å². The Labute approximate surface area is 207 Å². The van der Waals surface area contributed by atoms with E-state index in [1.807, 2.05) is 32.0 Å². The molecule has 0 aromatic heterocycles. The van der Waals surface area contributed by atoms with Crippen LogP contribution >= 0.6 is 23.2 Å². The summed E-state index contributed by atoms with van der Waals surface area (Å²) in [6.45, 7) is 3.90. The minimum Gasteiger partial charge on any atom is -0.487 e. The minimum absolute atomic E-state index is 0.0821. The second-order valence-corrected chi connectivity index (χ2v) is 8.38. The molecule has 3 rings (SSSR count). The predicted octanol–water partition coefficient (Wildman–Crippen LogP) is 6.43. The summed E-state index contributed by atoms with van der Waals surface area (Å²) in [6, 6.07) is 16.7. The maximum absolute atomic E-state index is 12.8. The molecule has 34 heavy (non-hydrogen) atoms. The number of anilines is 1. The Bertz CT molecular complexity index is 1330. The molecule has 0 aliphatic heterocycles. The number of ether oxygens (including phenoxy) is 1. The van der Waals surface area contributed by atoms with Crippen LogP contribution in [0.2, 0.25) is 10.0 Å². The molecular weight excluding hydrogens is 475 g/mol. The highest BCUT2D eigenvalue weighted by molar-refractivity contribution is 6.36. The van der Waals surface area contributed by atoms with Crippen molar-refractivity contribution in [2.45, 2.75) is 20.5 Å². The van der Waals surface area contributed by atoms with Gasteiger partial charge in [-0.1, -0.05) is 53.0 Å². The lowest BCUT2D eigenvalue weighted by atomic mass is 10.1. The third-order valence-corrected chi connectivity index (χ3v) is 5.42. The number of nitrogens with one attached hydrogen (secondary N) is 1. The lowest BCUT2D eigenvalue weighted by Gasteiger charge is -2.13. The zero-order chi connectivity index (χ0) is 24.8. The van der Waals surface area contributed by atoms with E-state index in [1.54, 1.807) is 18.2 Å². The number of carbonyl (C=O) groups is 2. The van der Waals surface area contributed by atoms with E-state index in [1.165, 1.54) is 30.3 Å². The van der Waals surface area contributed by atoms with Crippen LogP contribution in [-0.4, -0.2) is 17.0 Å². The van der Waals surface area contributed by atoms with Gasteiger partial charge in [-0.2, -0.15) is 5.26 Å². The van der Waals surface area contributed by atoms with Crippen molar-refractivity contribution in [3.63, 3.8) is 0 Å². The molecule has 0 aliphatic rings. The molecule has 0 unspecified atom stereocenters. The van der Waals surface area contributed by atoms with Crippen molar-refractivity contribution >= 4 is 46.8 Å². The topological polar surface area (TPSA) is 99.4 Å². The largest absolute Gasteiger partial charge is 0.487 e. The summed E-state index contributed by atoms with van der Waals surface area (Å²) >= 11 is 12.5. The van der Waals surface area contributed by atoms with Crippen LogP contribution in [0, 0.1) is 25.2 Å². The number of nitrogens with zero attached hydrogens (tertiary/aromatic N) is 1. The summed E-state index contributed by atoms with van der Waals surface area (Å²) in [5.41, 5.74) is 3.58. The maximum atomic E-state index is 12.8. The molecule has 0 saturated heterocycles. The maximum Gasteiger partial charge on any atom is 0.335 e. The molecule has 0 radical (unpaired) electrons. The highest BCUT2D eigenvalue weighted by Gasteiger charge is 2.15. The van der Waals surface area contributed by atoms with Gasteiger partial charge >= 0.3 is 5.97 Å². The third kappa shape index (κ3) is 6.16. The van der Waals surface area contributed by atoms with Gasteiger partial charge in [0.25, 0.3) is 5.91 Å². The highest BCUT2D eigenvalue weighted by Crippen LogP contribution is 2.34. The number of amides is 1. The average molecular weight is 495 g/mol. The Morgan fingerprint density at radius 1 is 1.09 bits per heavy atom. The van der Waals surface area contributed by atoms with Gasteiger partial charge in [-0.05, 0) is 61.4 Å². The first-order valence-electron chi connectivity index (χ1n) is 10.1. The van der Waals surface area contributed by atoms with Gasteiger partial charge in [-0.3, -0.25) is 4.79 Å². The third-order valence-electron chi connectivity index (χ3n) is 4.92. The number of aromatic carboxylic acids is 1. The number of nitriles is 1. The van der Waals surface area contributed by atoms with Crippen molar-refractivity contribution in [2.75, 3.05) is 5.32 Å². The Morgan fingerprint density at radius 3 is 2.41 bits per heavy atom. The van der Waals surface area contributed by atoms with E-state index >= 15 is 0 Å². The number of hydrogen-bond donors (Lipinski definition) is 2. The molecule has 0 heterocycles. The molecule has 0 atom stereocenters. The SMILES string of the molecule is Cc1ccc(NC(=O)/C(C#N)=C/c2cc(Cl)cc(Cl)c2OCc2ccc(C(=O)O)cc2)c(C)c1. The first kappa shape index (κ1) is 24.8. The summed E-state index contributed by atoms with van der Waals surface area (Å²) in [5.74, 6) is -1.37. The molecule has 0 spiro atoms. The van der Waals surface area contributed by atoms with Gasteiger partial charge in [-0.15, -0.1) is 0 Å². The molecule has 0 bridgehead atoms. The number of rotatable bonds is 7. The van der Waals surface area contributed by atoms with Crippen molar-refractivity contribution in [1.29, 1.82) is 5.26 Å². The van der Waals surface area contributed by atoms with Crippen molar-refractivity contribution in [3.05, 3.63) is 98.0 Å². The molecule has 0 fully saturated rings. The molecule has 0 saturated carbocycles. The zero-order valence-corrected chi connectivity index (χ0v) is 19.9. The van der Waals surface area contributed by atoms with Crippen LogP contribution < -0.4 is 10.1 Å². The number of benzene rings is 3. The quantitative estimate of drug-likeness (QED) is 0.291. The van der Waals surface area contributed by atoms with Gasteiger partial charge in [-0.25, -0.2) is 4.79 Å². The van der Waals surface area contributed by atoms with Crippen LogP contribution in [0.15, 0.2) is 60.2 Å². The van der Waals surface area contributed by atoms with Crippen LogP contribution in [-0.2, 0) is 11.4 Å². The van der Waals surface area contributed by atoms with E-state index in [0.29, 0.717) is 21.8 Å². The van der Waals surface area contributed by atoms with Crippen LogP contribution in [0.1, 0.15) is 32.6 Å². The highest BCUT2D eigenvalue weighted by atomic mass is 35.5. The van der Waals surface area contributed by atoms with Gasteiger partial charge < -0.3 is 15.2 Å². The summed E-state index contributed by atoms with van der Waals surface area (Å²) in [4.78, 5) is 23.8. The second kappa shape index (κ2) is 10.9. The van der Waals surface area contributed by atoms with Crippen molar-refractivity contribution < 1.29 is 19.4 Å². The summed E-state index contributed by atoms with van der Waals surface area (Å²) in [6.07, 6.45) is 1.36. The molecule has 3 aromatic rings. The Morgan fingerprint density at radius 2 is 1.79 bits per heavy atom. The van der Waals surface area contributed by atoms with E-state index in [2.05, 4.69) is 5.32 Å². The minimum atomic E-state index is -1.02. The van der Waals surface area contributed by atoms with Crippen LogP contribution in [0.25, 0.3) is 6.08 Å². The summed E-state index contributed by atoms with van der Waals surface area (Å²) in [5, 5.41) is 21.9. The average Bonchev–Trinajstić information content (AvgIpc) is 2.78. The van der Waals surface area contributed by atoms with Gasteiger partial charge in [0, 0.05) is 16.3 Å². The number of carbonyl (C=O) groups excluding carboxylic acids is 1. The molecule has 172 valence electrons. The number of hydrogen-bond acceptors (Lipinski definition) is 4. The summed E-state index contributed by atoms with van der Waals surface area (Å²) in [7, 11) is 0. The van der Waals surface area contributed by atoms with Crippen LogP contribution in [0.3, 0.4) is 0 Å². The molecule has 3 aromatic carbocycles. The standard InChI is InChI=1S/C26H20Cl2N2O4/c1-15-3-8-23(16(2)9-15)30-25(31)20(13-29)10-19-11-21(27)12-22(28)24(19)34-14-17-4-6-18(7-5-17)26(32)33/h3-12H,14H2,1-2H3,(H,30,31)(H,32,33)/b20-10+. The monoisotopic (exact) mass is 494 g/mol. The van der Waals surface area contributed by atoms with Gasteiger partial charge in [0.05, 0.1) is 10.6 Å². The molecule has 0 aliphatic carbocycles. The fourth-order valence-electron chi connectivity index (χ4n) is 3.19. The lowest BCUT2D eigenvalue weighted by molar-refractivity contribution is -0.112. The van der Waals surface area contributed by atoms with Crippen LogP contribution in [0.5, 0.6) is 5.75 Å². The lowest BCUT2D eigenvalue weighted by Crippen LogP contribution is -2.14. The van der Waals surface area contributed by atoms with E-state index in [4.69, 9.17) is 33.0 Å². The molecule has 2 N–H and O–H groups in total.